The topological polar surface area (TPSA) is 111 Å². The average molecular weight is 611 g/mol. The Morgan fingerprint density at radius 3 is 2.29 bits per heavy atom. The Labute approximate surface area is 219 Å². The minimum Gasteiger partial charge on any atom is -0.506 e. The number of hydrogen-bond acceptors (Lipinski definition) is 8. The maximum Gasteiger partial charge on any atom is 0.338 e. The van der Waals surface area contributed by atoms with E-state index in [-0.39, 0.29) is 32.0 Å². The van der Waals surface area contributed by atoms with E-state index in [0.717, 1.165) is 5.56 Å². The zero-order chi connectivity index (χ0) is 25.6. The summed E-state index contributed by atoms with van der Waals surface area (Å²) in [6, 6.07) is 11.6. The van der Waals surface area contributed by atoms with Gasteiger partial charge in [0, 0.05) is 22.5 Å². The number of phenolic OH excluding ortho intramolecular Hbond substituents is 1. The molecule has 186 valence electrons. The van der Waals surface area contributed by atoms with Crippen LogP contribution in [0.15, 0.2) is 63.1 Å². The van der Waals surface area contributed by atoms with Crippen LogP contribution in [-0.2, 0) is 35.2 Å². The first-order valence-electron chi connectivity index (χ1n) is 10.9. The van der Waals surface area contributed by atoms with Crippen LogP contribution < -0.4 is 5.32 Å². The summed E-state index contributed by atoms with van der Waals surface area (Å²) in [4.78, 5) is 38.8. The van der Waals surface area contributed by atoms with Gasteiger partial charge in [-0.25, -0.2) is 14.4 Å². The second kappa shape index (κ2) is 11.8. The first kappa shape index (κ1) is 26.9. The van der Waals surface area contributed by atoms with Crippen LogP contribution in [0.2, 0.25) is 0 Å². The highest BCUT2D eigenvalue weighted by molar-refractivity contribution is 9.11. The van der Waals surface area contributed by atoms with Crippen molar-refractivity contribution in [2.75, 3.05) is 13.2 Å². The summed E-state index contributed by atoms with van der Waals surface area (Å²) in [6.07, 6.45) is 1.02. The molecule has 2 N–H and O–H groups in total. The van der Waals surface area contributed by atoms with E-state index in [1.807, 2.05) is 30.3 Å². The van der Waals surface area contributed by atoms with Crippen LogP contribution in [0.4, 0.5) is 0 Å². The van der Waals surface area contributed by atoms with Crippen LogP contribution in [0.3, 0.4) is 0 Å². The number of hydrogen-bond donors (Lipinski definition) is 2. The molecule has 1 heterocycles. The normalized spacial score (nSPS) is 17.7. The first-order chi connectivity index (χ1) is 16.7. The van der Waals surface area contributed by atoms with Crippen molar-refractivity contribution >= 4 is 49.8 Å². The standard InChI is InChI=1S/C25H25Br2NO7/c1-3-33-23(31)25(24(32)34-4-2)13-16(10-20(29)35-14-15-8-6-5-7-9-15)21(28-25)18-11-17(26)12-19(27)22(18)30/h5-12,21,28,30H,3-4,13-14H2,1-2H3/b16-10+. The lowest BCUT2D eigenvalue weighted by Crippen LogP contribution is -2.56. The molecule has 1 atom stereocenters. The van der Waals surface area contributed by atoms with Gasteiger partial charge in [0.2, 0.25) is 5.54 Å². The van der Waals surface area contributed by atoms with Crippen molar-refractivity contribution in [1.29, 1.82) is 0 Å². The minimum atomic E-state index is -1.90. The molecule has 1 aliphatic heterocycles. The molecule has 1 aliphatic rings. The van der Waals surface area contributed by atoms with E-state index in [0.29, 0.717) is 20.1 Å². The van der Waals surface area contributed by atoms with E-state index < -0.39 is 29.5 Å². The van der Waals surface area contributed by atoms with E-state index in [2.05, 4.69) is 37.2 Å². The van der Waals surface area contributed by atoms with Crippen molar-refractivity contribution in [2.45, 2.75) is 38.5 Å². The van der Waals surface area contributed by atoms with E-state index in [9.17, 15) is 19.5 Å². The molecule has 1 saturated heterocycles. The van der Waals surface area contributed by atoms with Crippen molar-refractivity contribution in [2.24, 2.45) is 0 Å². The van der Waals surface area contributed by atoms with E-state index in [1.165, 1.54) is 6.08 Å². The van der Waals surface area contributed by atoms with Gasteiger partial charge in [-0.05, 0) is 53.0 Å². The van der Waals surface area contributed by atoms with Gasteiger partial charge >= 0.3 is 17.9 Å². The lowest BCUT2D eigenvalue weighted by Gasteiger charge is -2.25. The Morgan fingerprint density at radius 2 is 1.69 bits per heavy atom. The van der Waals surface area contributed by atoms with Gasteiger partial charge in [0.1, 0.15) is 12.4 Å². The summed E-state index contributed by atoms with van der Waals surface area (Å²) < 4.78 is 16.8. The summed E-state index contributed by atoms with van der Waals surface area (Å²) in [5, 5.41) is 13.7. The van der Waals surface area contributed by atoms with Crippen LogP contribution in [0.5, 0.6) is 5.75 Å². The molecule has 0 bridgehead atoms. The summed E-state index contributed by atoms with van der Waals surface area (Å²) in [5.41, 5.74) is -0.404. The summed E-state index contributed by atoms with van der Waals surface area (Å²) >= 11 is 6.69. The summed E-state index contributed by atoms with van der Waals surface area (Å²) in [5.74, 6) is -2.44. The van der Waals surface area contributed by atoms with Gasteiger partial charge in [0.15, 0.2) is 0 Å². The molecular formula is C25H25Br2NO7. The number of benzene rings is 2. The number of nitrogens with one attached hydrogen (secondary N) is 1. The van der Waals surface area contributed by atoms with Gasteiger partial charge in [-0.1, -0.05) is 46.3 Å². The molecule has 8 nitrogen and oxygen atoms in total. The van der Waals surface area contributed by atoms with Crippen LogP contribution in [-0.4, -0.2) is 41.8 Å². The van der Waals surface area contributed by atoms with Crippen molar-refractivity contribution in [3.8, 4) is 5.75 Å². The quantitative estimate of drug-likeness (QED) is 0.195. The first-order valence-corrected chi connectivity index (χ1v) is 12.5. The molecule has 10 heteroatoms. The Balaban J connectivity index is 2.03. The lowest BCUT2D eigenvalue weighted by molar-refractivity contribution is -0.165. The van der Waals surface area contributed by atoms with Crippen LogP contribution in [0, 0.1) is 0 Å². The van der Waals surface area contributed by atoms with Gasteiger partial charge < -0.3 is 19.3 Å². The van der Waals surface area contributed by atoms with E-state index in [4.69, 9.17) is 14.2 Å². The van der Waals surface area contributed by atoms with Crippen molar-refractivity contribution in [1.82, 2.24) is 5.32 Å². The molecular weight excluding hydrogens is 586 g/mol. The molecule has 35 heavy (non-hydrogen) atoms. The number of rotatable bonds is 8. The fraction of sp³-hybridized carbons (Fsp3) is 0.320. The lowest BCUT2D eigenvalue weighted by atomic mass is 9.93. The third-order valence-corrected chi connectivity index (χ3v) is 6.44. The summed E-state index contributed by atoms with van der Waals surface area (Å²) in [6.45, 7) is 3.38. The van der Waals surface area contributed by atoms with Gasteiger partial charge in [-0.15, -0.1) is 0 Å². The van der Waals surface area contributed by atoms with Gasteiger partial charge in [-0.3, -0.25) is 5.32 Å². The maximum atomic E-state index is 13.0. The molecule has 3 rings (SSSR count). The number of carbonyl (C=O) groups excluding carboxylic acids is 3. The zero-order valence-electron chi connectivity index (χ0n) is 19.2. The largest absolute Gasteiger partial charge is 0.506 e. The van der Waals surface area contributed by atoms with Crippen LogP contribution in [0.1, 0.15) is 37.4 Å². The number of aromatic hydroxyl groups is 1. The zero-order valence-corrected chi connectivity index (χ0v) is 22.3. The predicted octanol–water partition coefficient (Wildman–Crippen LogP) is 4.49. The number of halogens is 2. The predicted molar refractivity (Wildman–Crippen MR) is 134 cm³/mol. The second-order valence-electron chi connectivity index (χ2n) is 7.74. The Kier molecular flexibility index (Phi) is 9.09. The van der Waals surface area contributed by atoms with Crippen LogP contribution in [0.25, 0.3) is 0 Å². The second-order valence-corrected chi connectivity index (χ2v) is 9.51. The average Bonchev–Trinajstić information content (AvgIpc) is 3.21. The molecule has 0 saturated carbocycles. The fourth-order valence-electron chi connectivity index (χ4n) is 3.79. The monoisotopic (exact) mass is 609 g/mol. The number of carbonyl (C=O) groups is 3. The highest BCUT2D eigenvalue weighted by atomic mass is 79.9. The highest BCUT2D eigenvalue weighted by Crippen LogP contribution is 2.45. The maximum absolute atomic E-state index is 13.0. The highest BCUT2D eigenvalue weighted by Gasteiger charge is 2.56. The van der Waals surface area contributed by atoms with Gasteiger partial charge in [0.05, 0.1) is 23.7 Å². The molecule has 1 unspecified atom stereocenters. The summed E-state index contributed by atoms with van der Waals surface area (Å²) in [7, 11) is 0. The Bertz CT molecular complexity index is 1120. The van der Waals surface area contributed by atoms with Crippen molar-refractivity contribution in [3.05, 3.63) is 74.2 Å². The number of esters is 3. The fourth-order valence-corrected chi connectivity index (χ4v) is 5.05. The van der Waals surface area contributed by atoms with Gasteiger partial charge in [-0.2, -0.15) is 0 Å². The Morgan fingerprint density at radius 1 is 1.06 bits per heavy atom. The SMILES string of the molecule is CCOC(=O)C1(C(=O)OCC)C/C(=C\C(=O)OCc2ccccc2)C(c2cc(Br)cc(Br)c2O)N1. The molecule has 0 aliphatic carbocycles. The Hall–Kier alpha value is -2.69. The van der Waals surface area contributed by atoms with Crippen molar-refractivity contribution in [3.63, 3.8) is 0 Å². The van der Waals surface area contributed by atoms with E-state index >= 15 is 0 Å². The molecule has 0 spiro atoms. The third-order valence-electron chi connectivity index (χ3n) is 5.37. The number of ether oxygens (including phenoxy) is 3. The molecule has 0 amide bonds. The van der Waals surface area contributed by atoms with Crippen LogP contribution >= 0.6 is 31.9 Å². The molecule has 1 fully saturated rings. The van der Waals surface area contributed by atoms with Crippen molar-refractivity contribution < 1.29 is 33.7 Å². The van der Waals surface area contributed by atoms with Gasteiger partial charge in [0.25, 0.3) is 0 Å². The third kappa shape index (κ3) is 6.12. The molecule has 2 aromatic carbocycles. The minimum absolute atomic E-state index is 0.0399. The molecule has 0 aromatic heterocycles. The molecule has 2 aromatic rings. The smallest absolute Gasteiger partial charge is 0.338 e. The van der Waals surface area contributed by atoms with E-state index in [1.54, 1.807) is 26.0 Å². The number of phenols is 1. The molecule has 0 radical (unpaired) electrons.